The van der Waals surface area contributed by atoms with Gasteiger partial charge < -0.3 is 15.3 Å². The van der Waals surface area contributed by atoms with Crippen LogP contribution in [0.3, 0.4) is 0 Å². The van der Waals surface area contributed by atoms with Crippen LogP contribution < -0.4 is 10.2 Å². The molecule has 1 fully saturated rings. The lowest BCUT2D eigenvalue weighted by Crippen LogP contribution is -2.71. The Kier molecular flexibility index (Phi) is 5.28. The molecule has 162 valence electrons. The number of benzene rings is 2. The van der Waals surface area contributed by atoms with Crippen LogP contribution in [0.4, 0.5) is 16.2 Å². The van der Waals surface area contributed by atoms with Gasteiger partial charge in [0.05, 0.1) is 18.7 Å². The standard InChI is InChI=1S/C24H21ClN4O3/c25-16-4-3-5-17(12-16)27-24(32)28-13-20-22(18-6-1-2-7-19(18)28)21(14-30)29(20)23(31)15-8-10-26-11-9-15/h1-12,20-22,30H,13-14H2,(H,27,32)/t20-,21-,22+/m0/s1. The zero-order valence-corrected chi connectivity index (χ0v) is 17.8. The van der Waals surface area contributed by atoms with E-state index in [1.165, 1.54) is 0 Å². The number of hydrogen-bond donors (Lipinski definition) is 2. The van der Waals surface area contributed by atoms with Crippen LogP contribution in [0.15, 0.2) is 73.1 Å². The lowest BCUT2D eigenvalue weighted by molar-refractivity contribution is -0.0241. The molecule has 0 aliphatic carbocycles. The average molecular weight is 449 g/mol. The van der Waals surface area contributed by atoms with Gasteiger partial charge in [0.25, 0.3) is 5.91 Å². The second-order valence-electron chi connectivity index (χ2n) is 7.90. The van der Waals surface area contributed by atoms with Gasteiger partial charge >= 0.3 is 6.03 Å². The van der Waals surface area contributed by atoms with E-state index >= 15 is 0 Å². The molecule has 7 nitrogen and oxygen atoms in total. The lowest BCUT2D eigenvalue weighted by Gasteiger charge is -2.58. The predicted molar refractivity (Wildman–Crippen MR) is 122 cm³/mol. The Labute approximate surface area is 190 Å². The minimum absolute atomic E-state index is 0.0443. The number of amides is 3. The molecule has 1 aromatic heterocycles. The van der Waals surface area contributed by atoms with Crippen LogP contribution in [-0.4, -0.2) is 52.2 Å². The van der Waals surface area contributed by atoms with E-state index in [0.717, 1.165) is 11.3 Å². The molecular weight excluding hydrogens is 428 g/mol. The summed E-state index contributed by atoms with van der Waals surface area (Å²) in [6.07, 6.45) is 3.14. The largest absolute Gasteiger partial charge is 0.394 e. The number of nitrogens with zero attached hydrogens (tertiary/aromatic N) is 3. The maximum atomic E-state index is 13.2. The molecule has 3 aromatic rings. The molecule has 8 heteroatoms. The van der Waals surface area contributed by atoms with Gasteiger partial charge in [-0.25, -0.2) is 4.79 Å². The third kappa shape index (κ3) is 3.39. The summed E-state index contributed by atoms with van der Waals surface area (Å²) in [5, 5.41) is 13.5. The highest BCUT2D eigenvalue weighted by molar-refractivity contribution is 6.30. The summed E-state index contributed by atoms with van der Waals surface area (Å²) >= 11 is 6.05. The summed E-state index contributed by atoms with van der Waals surface area (Å²) in [6, 6.07) is 17.0. The fourth-order valence-corrected chi connectivity index (χ4v) is 4.95. The van der Waals surface area contributed by atoms with Crippen molar-refractivity contribution in [2.75, 3.05) is 23.4 Å². The normalized spacial score (nSPS) is 21.2. The van der Waals surface area contributed by atoms with E-state index in [4.69, 9.17) is 11.6 Å². The molecule has 3 atom stereocenters. The van der Waals surface area contributed by atoms with Gasteiger partial charge in [0.2, 0.25) is 0 Å². The Hall–Kier alpha value is -3.42. The number of aliphatic hydroxyl groups is 1. The van der Waals surface area contributed by atoms with Crippen molar-refractivity contribution in [2.45, 2.75) is 18.0 Å². The molecule has 1 saturated heterocycles. The van der Waals surface area contributed by atoms with Crippen LogP contribution in [-0.2, 0) is 0 Å². The van der Waals surface area contributed by atoms with E-state index < -0.39 is 0 Å². The number of fused-ring (bicyclic) bond motifs is 3. The van der Waals surface area contributed by atoms with Crippen LogP contribution in [0.5, 0.6) is 0 Å². The van der Waals surface area contributed by atoms with Crippen LogP contribution in [0.25, 0.3) is 0 Å². The average Bonchev–Trinajstić information content (AvgIpc) is 2.80. The molecule has 3 amide bonds. The zero-order chi connectivity index (χ0) is 22.2. The first-order chi connectivity index (χ1) is 15.6. The van der Waals surface area contributed by atoms with Gasteiger partial charge in [-0.15, -0.1) is 0 Å². The molecule has 0 saturated carbocycles. The second-order valence-corrected chi connectivity index (χ2v) is 8.34. The number of halogens is 1. The number of urea groups is 1. The molecule has 0 radical (unpaired) electrons. The second kappa shape index (κ2) is 8.26. The highest BCUT2D eigenvalue weighted by Crippen LogP contribution is 2.48. The first kappa shape index (κ1) is 20.5. The Morgan fingerprint density at radius 1 is 1.09 bits per heavy atom. The number of para-hydroxylation sites is 1. The van der Waals surface area contributed by atoms with Crippen LogP contribution in [0, 0.1) is 0 Å². The molecule has 5 rings (SSSR count). The number of rotatable bonds is 3. The third-order valence-corrected chi connectivity index (χ3v) is 6.40. The van der Waals surface area contributed by atoms with Gasteiger partial charge in [-0.3, -0.25) is 14.7 Å². The summed E-state index contributed by atoms with van der Waals surface area (Å²) in [4.78, 5) is 33.8. The van der Waals surface area contributed by atoms with Gasteiger partial charge in [0.1, 0.15) is 0 Å². The van der Waals surface area contributed by atoms with Crippen LogP contribution in [0.1, 0.15) is 21.8 Å². The quantitative estimate of drug-likeness (QED) is 0.639. The molecular formula is C24H21ClN4O3. The fraction of sp³-hybridized carbons (Fsp3) is 0.208. The molecule has 0 bridgehead atoms. The van der Waals surface area contributed by atoms with E-state index in [1.807, 2.05) is 24.3 Å². The molecule has 2 aliphatic heterocycles. The number of aliphatic hydroxyl groups excluding tert-OH is 1. The Morgan fingerprint density at radius 3 is 2.62 bits per heavy atom. The third-order valence-electron chi connectivity index (χ3n) is 6.17. The van der Waals surface area contributed by atoms with Crippen molar-refractivity contribution in [1.82, 2.24) is 9.88 Å². The van der Waals surface area contributed by atoms with Crippen molar-refractivity contribution >= 4 is 34.9 Å². The number of carbonyl (C=O) groups excluding carboxylic acids is 2. The molecule has 2 N–H and O–H groups in total. The van der Waals surface area contributed by atoms with E-state index in [-0.39, 0.29) is 36.5 Å². The maximum absolute atomic E-state index is 13.2. The minimum atomic E-state index is -0.347. The number of anilines is 2. The Bertz CT molecular complexity index is 1170. The predicted octanol–water partition coefficient (Wildman–Crippen LogP) is 3.76. The summed E-state index contributed by atoms with van der Waals surface area (Å²) in [7, 11) is 0. The molecule has 2 aromatic carbocycles. The van der Waals surface area contributed by atoms with E-state index in [1.54, 1.807) is 58.6 Å². The fourth-order valence-electron chi connectivity index (χ4n) is 4.76. The topological polar surface area (TPSA) is 85.8 Å². The van der Waals surface area contributed by atoms with E-state index in [9.17, 15) is 14.7 Å². The van der Waals surface area contributed by atoms with Gasteiger partial charge in [0.15, 0.2) is 0 Å². The first-order valence-corrected chi connectivity index (χ1v) is 10.7. The number of carbonyl (C=O) groups is 2. The van der Waals surface area contributed by atoms with Crippen molar-refractivity contribution in [3.8, 4) is 0 Å². The number of likely N-dealkylation sites (tertiary alicyclic amines) is 1. The summed E-state index contributed by atoms with van der Waals surface area (Å²) < 4.78 is 0. The molecule has 32 heavy (non-hydrogen) atoms. The highest BCUT2D eigenvalue weighted by atomic mass is 35.5. The number of hydrogen-bond acceptors (Lipinski definition) is 4. The zero-order valence-electron chi connectivity index (χ0n) is 17.1. The van der Waals surface area contributed by atoms with Crippen molar-refractivity contribution in [3.05, 3.63) is 89.2 Å². The van der Waals surface area contributed by atoms with Crippen molar-refractivity contribution in [1.29, 1.82) is 0 Å². The highest BCUT2D eigenvalue weighted by Gasteiger charge is 2.55. The van der Waals surface area contributed by atoms with Gasteiger partial charge in [-0.05, 0) is 42.0 Å². The Balaban J connectivity index is 1.47. The van der Waals surface area contributed by atoms with E-state index in [0.29, 0.717) is 22.8 Å². The van der Waals surface area contributed by atoms with Crippen molar-refractivity contribution in [2.24, 2.45) is 0 Å². The molecule has 3 heterocycles. The number of nitrogens with one attached hydrogen (secondary N) is 1. The first-order valence-electron chi connectivity index (χ1n) is 10.3. The number of pyridine rings is 1. The van der Waals surface area contributed by atoms with Gasteiger partial charge in [-0.2, -0.15) is 0 Å². The molecule has 0 spiro atoms. The van der Waals surface area contributed by atoms with Gasteiger partial charge in [0, 0.05) is 46.8 Å². The monoisotopic (exact) mass is 448 g/mol. The molecule has 0 unspecified atom stereocenters. The van der Waals surface area contributed by atoms with Crippen LogP contribution in [0.2, 0.25) is 5.02 Å². The number of aromatic nitrogens is 1. The van der Waals surface area contributed by atoms with E-state index in [2.05, 4.69) is 10.3 Å². The summed E-state index contributed by atoms with van der Waals surface area (Å²) in [5.41, 5.74) is 2.82. The van der Waals surface area contributed by atoms with Crippen LogP contribution >= 0.6 is 11.6 Å². The minimum Gasteiger partial charge on any atom is -0.394 e. The molecule has 2 aliphatic rings. The van der Waals surface area contributed by atoms with Crippen molar-refractivity contribution < 1.29 is 14.7 Å². The SMILES string of the molecule is O=C(Nc1cccc(Cl)c1)N1C[C@H]2[C@@H](c3ccccc31)[C@H](CO)N2C(=O)c1ccncc1. The van der Waals surface area contributed by atoms with Crippen molar-refractivity contribution in [3.63, 3.8) is 0 Å². The summed E-state index contributed by atoms with van der Waals surface area (Å²) in [5.74, 6) is -0.223. The summed E-state index contributed by atoms with van der Waals surface area (Å²) in [6.45, 7) is 0.169. The Morgan fingerprint density at radius 2 is 1.88 bits per heavy atom. The van der Waals surface area contributed by atoms with Gasteiger partial charge in [-0.1, -0.05) is 35.9 Å². The lowest BCUT2D eigenvalue weighted by atomic mass is 9.71. The maximum Gasteiger partial charge on any atom is 0.326 e. The smallest absolute Gasteiger partial charge is 0.326 e.